The first-order valence-corrected chi connectivity index (χ1v) is 11.9. The Morgan fingerprint density at radius 3 is 2.74 bits per heavy atom. The zero-order valence-electron chi connectivity index (χ0n) is 19.2. The van der Waals surface area contributed by atoms with Gasteiger partial charge in [0.1, 0.15) is 10.9 Å². The predicted molar refractivity (Wildman–Crippen MR) is 132 cm³/mol. The molecule has 1 N–H and O–H groups in total. The molecule has 180 valence electrons. The number of hydrazone groups is 1. The summed E-state index contributed by atoms with van der Waals surface area (Å²) in [6, 6.07) is 8.31. The van der Waals surface area contributed by atoms with E-state index in [9.17, 15) is 14.0 Å². The molecule has 3 aliphatic heterocycles. The van der Waals surface area contributed by atoms with Crippen LogP contribution >= 0.6 is 11.8 Å². The Kier molecular flexibility index (Phi) is 6.12. The fourth-order valence-electron chi connectivity index (χ4n) is 4.25. The Morgan fingerprint density at radius 1 is 1.26 bits per heavy atom. The van der Waals surface area contributed by atoms with Crippen molar-refractivity contribution in [2.45, 2.75) is 20.3 Å². The Bertz CT molecular complexity index is 1340. The summed E-state index contributed by atoms with van der Waals surface area (Å²) >= 11 is 1.12. The first-order chi connectivity index (χ1) is 16.8. The van der Waals surface area contributed by atoms with E-state index in [0.29, 0.717) is 42.6 Å². The Balaban J connectivity index is 1.40. The minimum atomic E-state index is -0.555. The first-order valence-electron chi connectivity index (χ1n) is 11.1. The number of aryl methyl sites for hydroxylation is 1. The second-order valence-electron chi connectivity index (χ2n) is 8.30. The maximum Gasteiger partial charge on any atom is 0.283 e. The number of carbonyl (C=O) groups excluding carboxylic acids is 2. The number of benzene rings is 1. The molecule has 0 saturated carbocycles. The number of ether oxygens (including phenoxy) is 1. The molecule has 0 aliphatic carbocycles. The van der Waals surface area contributed by atoms with E-state index in [-0.39, 0.29) is 34.7 Å². The van der Waals surface area contributed by atoms with Crippen molar-refractivity contribution in [2.24, 2.45) is 10.1 Å². The highest BCUT2D eigenvalue weighted by atomic mass is 32.2. The molecule has 2 aromatic rings. The van der Waals surface area contributed by atoms with E-state index >= 15 is 0 Å². The molecule has 0 radical (unpaired) electrons. The van der Waals surface area contributed by atoms with Crippen molar-refractivity contribution in [2.75, 3.05) is 26.3 Å². The number of fused-ring (bicyclic) bond motifs is 1. The summed E-state index contributed by atoms with van der Waals surface area (Å²) in [5, 5.41) is 15.0. The van der Waals surface area contributed by atoms with Crippen LogP contribution in [0.4, 0.5) is 4.39 Å². The number of aromatic nitrogens is 1. The van der Waals surface area contributed by atoms with E-state index in [1.54, 1.807) is 33.7 Å². The summed E-state index contributed by atoms with van der Waals surface area (Å²) < 4.78 is 21.5. The third-order valence-electron chi connectivity index (χ3n) is 6.03. The average Bonchev–Trinajstić information content (AvgIpc) is 3.37. The van der Waals surface area contributed by atoms with E-state index in [0.717, 1.165) is 23.1 Å². The van der Waals surface area contributed by atoms with Crippen molar-refractivity contribution in [3.63, 3.8) is 0 Å². The van der Waals surface area contributed by atoms with Crippen molar-refractivity contribution >= 4 is 45.7 Å². The van der Waals surface area contributed by atoms with Crippen molar-refractivity contribution in [1.82, 2.24) is 14.5 Å². The second-order valence-corrected chi connectivity index (χ2v) is 9.34. The van der Waals surface area contributed by atoms with Crippen LogP contribution in [0.15, 0.2) is 46.0 Å². The number of halogens is 1. The highest BCUT2D eigenvalue weighted by molar-refractivity contribution is 8.27. The highest BCUT2D eigenvalue weighted by Crippen LogP contribution is 2.31. The van der Waals surface area contributed by atoms with Crippen LogP contribution in [0.3, 0.4) is 0 Å². The van der Waals surface area contributed by atoms with Gasteiger partial charge in [-0.2, -0.15) is 15.1 Å². The maximum absolute atomic E-state index is 14.4. The van der Waals surface area contributed by atoms with Crippen LogP contribution in [0.2, 0.25) is 0 Å². The lowest BCUT2D eigenvalue weighted by Crippen LogP contribution is -2.41. The molecule has 5 rings (SSSR count). The van der Waals surface area contributed by atoms with E-state index in [1.807, 2.05) is 19.9 Å². The van der Waals surface area contributed by atoms with E-state index in [2.05, 4.69) is 10.1 Å². The van der Waals surface area contributed by atoms with Crippen LogP contribution in [0.5, 0.6) is 0 Å². The standard InChI is InChI=1S/C24H23FN6O3S/c1-14-11-16(15(2)30(14)19-6-4-3-5-18(19)25)12-17-22(26)31-24(27-23(17)33)35-20(28-31)13-21(32)29-7-9-34-10-8-29/h3-6,11-12,26H,7-10,13H2,1-2H3/b17-12+,26-22?. The molecule has 1 aromatic carbocycles. The zero-order chi connectivity index (χ0) is 24.7. The van der Waals surface area contributed by atoms with Gasteiger partial charge in [-0.1, -0.05) is 12.1 Å². The summed E-state index contributed by atoms with van der Waals surface area (Å²) in [5.74, 6) is -1.10. The van der Waals surface area contributed by atoms with Gasteiger partial charge in [-0.15, -0.1) is 0 Å². The van der Waals surface area contributed by atoms with Gasteiger partial charge in [0.05, 0.1) is 30.9 Å². The SMILES string of the molecule is Cc1cc(/C=C2\C(=N)N3N=C(CC(=O)N4CCOCC4)SC3=NC2=O)c(C)n1-c1ccccc1F. The van der Waals surface area contributed by atoms with Crippen LogP contribution in [0, 0.1) is 25.1 Å². The van der Waals surface area contributed by atoms with Crippen LogP contribution in [-0.2, 0) is 14.3 Å². The van der Waals surface area contributed by atoms with Gasteiger partial charge in [0.2, 0.25) is 11.1 Å². The monoisotopic (exact) mass is 494 g/mol. The molecular formula is C24H23FN6O3S. The molecule has 3 aliphatic rings. The van der Waals surface area contributed by atoms with Crippen LogP contribution in [0.25, 0.3) is 11.8 Å². The second kappa shape index (κ2) is 9.23. The first kappa shape index (κ1) is 23.2. The summed E-state index contributed by atoms with van der Waals surface area (Å²) in [5.41, 5.74) is 2.68. The third-order valence-corrected chi connectivity index (χ3v) is 6.93. The van der Waals surface area contributed by atoms with Gasteiger partial charge in [0.15, 0.2) is 5.84 Å². The molecule has 0 spiro atoms. The number of hydrogen-bond donors (Lipinski definition) is 1. The molecule has 35 heavy (non-hydrogen) atoms. The molecule has 0 bridgehead atoms. The minimum Gasteiger partial charge on any atom is -0.378 e. The minimum absolute atomic E-state index is 0.0739. The lowest BCUT2D eigenvalue weighted by atomic mass is 10.1. The summed E-state index contributed by atoms with van der Waals surface area (Å²) in [4.78, 5) is 31.2. The van der Waals surface area contributed by atoms with E-state index in [1.165, 1.54) is 11.1 Å². The number of rotatable bonds is 4. The topological polar surface area (TPSA) is 103 Å². The number of aliphatic imine (C=N–C) groups is 1. The van der Waals surface area contributed by atoms with Crippen molar-refractivity contribution < 1.29 is 18.7 Å². The fraction of sp³-hybridized carbons (Fsp3) is 0.292. The van der Waals surface area contributed by atoms with E-state index in [4.69, 9.17) is 10.1 Å². The zero-order valence-corrected chi connectivity index (χ0v) is 20.1. The number of carbonyl (C=O) groups is 2. The van der Waals surface area contributed by atoms with Crippen molar-refractivity contribution in [1.29, 1.82) is 5.41 Å². The smallest absolute Gasteiger partial charge is 0.283 e. The molecule has 9 nitrogen and oxygen atoms in total. The molecule has 4 heterocycles. The highest BCUT2D eigenvalue weighted by Gasteiger charge is 2.36. The lowest BCUT2D eigenvalue weighted by Gasteiger charge is -2.26. The van der Waals surface area contributed by atoms with Gasteiger partial charge in [0.25, 0.3) is 5.91 Å². The Hall–Kier alpha value is -3.57. The van der Waals surface area contributed by atoms with Gasteiger partial charge < -0.3 is 14.2 Å². The predicted octanol–water partition coefficient (Wildman–Crippen LogP) is 3.10. The molecular weight excluding hydrogens is 471 g/mol. The average molecular weight is 495 g/mol. The van der Waals surface area contributed by atoms with E-state index < -0.39 is 5.91 Å². The lowest BCUT2D eigenvalue weighted by molar-refractivity contribution is -0.133. The van der Waals surface area contributed by atoms with Gasteiger partial charge in [0, 0.05) is 24.5 Å². The Labute approximate surface area is 205 Å². The molecule has 2 amide bonds. The van der Waals surface area contributed by atoms with Crippen LogP contribution in [-0.4, -0.2) is 68.6 Å². The van der Waals surface area contributed by atoms with Crippen LogP contribution in [0.1, 0.15) is 23.4 Å². The van der Waals surface area contributed by atoms with Crippen LogP contribution < -0.4 is 0 Å². The molecule has 11 heteroatoms. The van der Waals surface area contributed by atoms with Crippen molar-refractivity contribution in [3.8, 4) is 5.69 Å². The number of nitrogens with zero attached hydrogens (tertiary/aromatic N) is 5. The molecule has 0 atom stereocenters. The Morgan fingerprint density at radius 2 is 2.00 bits per heavy atom. The molecule has 1 saturated heterocycles. The summed E-state index contributed by atoms with van der Waals surface area (Å²) in [7, 11) is 0. The molecule has 1 fully saturated rings. The number of hydrogen-bond acceptors (Lipinski definition) is 6. The third kappa shape index (κ3) is 4.32. The number of thioether (sulfide) groups is 1. The summed E-state index contributed by atoms with van der Waals surface area (Å²) in [6.45, 7) is 5.77. The fourth-order valence-corrected chi connectivity index (χ4v) is 5.13. The van der Waals surface area contributed by atoms with Gasteiger partial charge in [-0.25, -0.2) is 4.39 Å². The van der Waals surface area contributed by atoms with Crippen molar-refractivity contribution in [3.05, 3.63) is 58.7 Å². The molecule has 0 unspecified atom stereocenters. The number of para-hydroxylation sites is 1. The number of amidine groups is 2. The number of amides is 2. The normalized spacial score (nSPS) is 19.2. The maximum atomic E-state index is 14.4. The number of morpholine rings is 1. The van der Waals surface area contributed by atoms with Gasteiger partial charge >= 0.3 is 0 Å². The van der Waals surface area contributed by atoms with Gasteiger partial charge in [-0.05, 0) is 55.4 Å². The van der Waals surface area contributed by atoms with Gasteiger partial charge in [-0.3, -0.25) is 15.0 Å². The quantitative estimate of drug-likeness (QED) is 0.658. The number of nitrogens with one attached hydrogen (secondary N) is 1. The summed E-state index contributed by atoms with van der Waals surface area (Å²) in [6.07, 6.45) is 1.66. The molecule has 1 aromatic heterocycles. The largest absolute Gasteiger partial charge is 0.378 e.